The lowest BCUT2D eigenvalue weighted by atomic mass is 10.1. The van der Waals surface area contributed by atoms with Crippen LogP contribution in [0.15, 0.2) is 18.2 Å². The summed E-state index contributed by atoms with van der Waals surface area (Å²) in [6.45, 7) is 3.17. The highest BCUT2D eigenvalue weighted by Crippen LogP contribution is 2.36. The number of rotatable bonds is 1. The van der Waals surface area contributed by atoms with Gasteiger partial charge >= 0.3 is 0 Å². The maximum absolute atomic E-state index is 5.83. The first-order valence-corrected chi connectivity index (χ1v) is 7.75. The summed E-state index contributed by atoms with van der Waals surface area (Å²) < 4.78 is 12.8. The van der Waals surface area contributed by atoms with Crippen LogP contribution in [0.2, 0.25) is 0 Å². The van der Waals surface area contributed by atoms with E-state index >= 15 is 0 Å². The van der Waals surface area contributed by atoms with E-state index in [2.05, 4.69) is 4.90 Å². The van der Waals surface area contributed by atoms with Gasteiger partial charge in [0.25, 0.3) is 0 Å². The Labute approximate surface area is 121 Å². The first-order valence-electron chi connectivity index (χ1n) is 6.93. The molecule has 2 saturated heterocycles. The fourth-order valence-electron chi connectivity index (χ4n) is 2.95. The summed E-state index contributed by atoms with van der Waals surface area (Å²) in [5.74, 6) is -0.408. The molecule has 2 N–H and O–H groups in total. The van der Waals surface area contributed by atoms with Crippen molar-refractivity contribution in [2.45, 2.75) is 18.6 Å². The second kappa shape index (κ2) is 4.58. The average molecular weight is 291 g/mol. The van der Waals surface area contributed by atoms with Crippen molar-refractivity contribution in [2.75, 3.05) is 36.9 Å². The number of piperidine rings is 1. The molecule has 0 bridgehead atoms. The predicted molar refractivity (Wildman–Crippen MR) is 80.1 cm³/mol. The first-order chi connectivity index (χ1) is 9.74. The summed E-state index contributed by atoms with van der Waals surface area (Å²) in [6.07, 6.45) is 2.04. The highest BCUT2D eigenvalue weighted by molar-refractivity contribution is 7.22. The molecule has 0 aliphatic carbocycles. The van der Waals surface area contributed by atoms with E-state index in [0.29, 0.717) is 13.2 Å². The smallest absolute Gasteiger partial charge is 0.186 e. The number of benzene rings is 1. The summed E-state index contributed by atoms with van der Waals surface area (Å²) in [5.41, 5.74) is 7.62. The zero-order valence-electron chi connectivity index (χ0n) is 11.2. The number of nitrogens with two attached hydrogens (primary N) is 1. The minimum atomic E-state index is -0.408. The largest absolute Gasteiger partial charge is 0.399 e. The summed E-state index contributed by atoms with van der Waals surface area (Å²) >= 11 is 1.68. The van der Waals surface area contributed by atoms with Crippen LogP contribution in [-0.2, 0) is 9.47 Å². The van der Waals surface area contributed by atoms with Crippen LogP contribution in [-0.4, -0.2) is 37.1 Å². The van der Waals surface area contributed by atoms with Crippen LogP contribution in [0.3, 0.4) is 0 Å². The van der Waals surface area contributed by atoms with E-state index in [4.69, 9.17) is 20.2 Å². The number of ether oxygens (including phenoxy) is 2. The van der Waals surface area contributed by atoms with Gasteiger partial charge in [0.15, 0.2) is 10.9 Å². The van der Waals surface area contributed by atoms with Crippen LogP contribution < -0.4 is 10.6 Å². The molecule has 0 amide bonds. The van der Waals surface area contributed by atoms with E-state index in [1.54, 1.807) is 11.3 Å². The molecule has 5 nitrogen and oxygen atoms in total. The number of nitrogens with zero attached hydrogens (tertiary/aromatic N) is 2. The van der Waals surface area contributed by atoms with Crippen molar-refractivity contribution in [2.24, 2.45) is 0 Å². The van der Waals surface area contributed by atoms with Gasteiger partial charge in [0.1, 0.15) is 0 Å². The fourth-order valence-corrected chi connectivity index (χ4v) is 3.99. The maximum atomic E-state index is 5.83. The molecule has 20 heavy (non-hydrogen) atoms. The quantitative estimate of drug-likeness (QED) is 0.816. The summed E-state index contributed by atoms with van der Waals surface area (Å²) in [6, 6.07) is 5.86. The predicted octanol–water partition coefficient (Wildman–Crippen LogP) is 2.22. The molecular formula is C14H17N3O2S. The number of thiazole rings is 1. The van der Waals surface area contributed by atoms with Crippen LogP contribution in [0, 0.1) is 0 Å². The molecular weight excluding hydrogens is 274 g/mol. The van der Waals surface area contributed by atoms with Gasteiger partial charge in [-0.25, -0.2) is 4.98 Å². The van der Waals surface area contributed by atoms with Gasteiger partial charge in [-0.2, -0.15) is 0 Å². The van der Waals surface area contributed by atoms with Crippen molar-refractivity contribution in [1.29, 1.82) is 0 Å². The Kier molecular flexibility index (Phi) is 2.83. The zero-order chi connectivity index (χ0) is 13.6. The van der Waals surface area contributed by atoms with Gasteiger partial charge in [0, 0.05) is 18.7 Å². The molecule has 1 aromatic heterocycles. The Bertz CT molecular complexity index is 636. The summed E-state index contributed by atoms with van der Waals surface area (Å²) in [7, 11) is 0. The topological polar surface area (TPSA) is 60.6 Å². The third kappa shape index (κ3) is 2.04. The third-order valence-electron chi connectivity index (χ3n) is 3.90. The normalized spacial score (nSPS) is 21.9. The lowest BCUT2D eigenvalue weighted by Gasteiger charge is -2.38. The van der Waals surface area contributed by atoms with Gasteiger partial charge in [0.05, 0.1) is 30.0 Å². The molecule has 1 spiro atoms. The molecule has 4 rings (SSSR count). The Morgan fingerprint density at radius 1 is 1.30 bits per heavy atom. The number of nitrogen functional groups attached to an aromatic ring is 1. The highest BCUT2D eigenvalue weighted by Gasteiger charge is 2.41. The molecule has 2 aliphatic heterocycles. The number of hydrogen-bond donors (Lipinski definition) is 1. The third-order valence-corrected chi connectivity index (χ3v) is 4.98. The molecule has 2 fully saturated rings. The highest BCUT2D eigenvalue weighted by atomic mass is 32.1. The average Bonchev–Trinajstić information content (AvgIpc) is 3.05. The molecule has 0 saturated carbocycles. The Hall–Kier alpha value is -1.37. The molecule has 2 aromatic rings. The van der Waals surface area contributed by atoms with Crippen LogP contribution in [0.1, 0.15) is 12.8 Å². The number of anilines is 2. The Morgan fingerprint density at radius 2 is 2.15 bits per heavy atom. The molecule has 1 aromatic carbocycles. The Balaban J connectivity index is 1.64. The van der Waals surface area contributed by atoms with Gasteiger partial charge in [-0.15, -0.1) is 0 Å². The van der Waals surface area contributed by atoms with Crippen molar-refractivity contribution in [3.05, 3.63) is 18.2 Å². The lowest BCUT2D eigenvalue weighted by molar-refractivity contribution is -0.161. The van der Waals surface area contributed by atoms with Crippen LogP contribution >= 0.6 is 11.3 Å². The van der Waals surface area contributed by atoms with Crippen LogP contribution in [0.5, 0.6) is 0 Å². The molecule has 6 heteroatoms. The van der Waals surface area contributed by atoms with Gasteiger partial charge < -0.3 is 20.1 Å². The minimum Gasteiger partial charge on any atom is -0.399 e. The van der Waals surface area contributed by atoms with Crippen molar-refractivity contribution in [1.82, 2.24) is 4.98 Å². The van der Waals surface area contributed by atoms with Gasteiger partial charge in [0.2, 0.25) is 0 Å². The molecule has 2 aliphatic rings. The van der Waals surface area contributed by atoms with Crippen molar-refractivity contribution in [3.8, 4) is 0 Å². The molecule has 0 radical (unpaired) electrons. The van der Waals surface area contributed by atoms with E-state index < -0.39 is 5.79 Å². The van der Waals surface area contributed by atoms with E-state index in [1.807, 2.05) is 18.2 Å². The first kappa shape index (κ1) is 12.4. The van der Waals surface area contributed by atoms with Crippen LogP contribution in [0.4, 0.5) is 10.8 Å². The molecule has 0 unspecified atom stereocenters. The SMILES string of the molecule is Nc1ccc2nc(N3CCCC4(C3)OCCO4)sc2c1. The van der Waals surface area contributed by atoms with E-state index in [-0.39, 0.29) is 0 Å². The van der Waals surface area contributed by atoms with Gasteiger partial charge in [-0.1, -0.05) is 11.3 Å². The van der Waals surface area contributed by atoms with Crippen molar-refractivity contribution in [3.63, 3.8) is 0 Å². The standard InChI is InChI=1S/C14H17N3O2S/c15-10-2-3-11-12(8-10)20-13(16-11)17-5-1-4-14(9-17)18-6-7-19-14/h2-3,8H,1,4-7,9,15H2. The van der Waals surface area contributed by atoms with E-state index in [1.165, 1.54) is 0 Å². The zero-order valence-corrected chi connectivity index (χ0v) is 12.0. The number of aromatic nitrogens is 1. The molecule has 3 heterocycles. The minimum absolute atomic E-state index is 0.408. The second-order valence-corrected chi connectivity index (χ2v) is 6.37. The maximum Gasteiger partial charge on any atom is 0.186 e. The second-order valence-electron chi connectivity index (χ2n) is 5.36. The molecule has 106 valence electrons. The van der Waals surface area contributed by atoms with Crippen molar-refractivity contribution < 1.29 is 9.47 Å². The van der Waals surface area contributed by atoms with E-state index in [9.17, 15) is 0 Å². The number of fused-ring (bicyclic) bond motifs is 1. The fraction of sp³-hybridized carbons (Fsp3) is 0.500. The van der Waals surface area contributed by atoms with Gasteiger partial charge in [-0.05, 0) is 24.6 Å². The number of hydrogen-bond acceptors (Lipinski definition) is 6. The monoisotopic (exact) mass is 291 g/mol. The van der Waals surface area contributed by atoms with Gasteiger partial charge in [-0.3, -0.25) is 0 Å². The summed E-state index contributed by atoms with van der Waals surface area (Å²) in [5, 5.41) is 1.03. The summed E-state index contributed by atoms with van der Waals surface area (Å²) in [4.78, 5) is 6.98. The van der Waals surface area contributed by atoms with E-state index in [0.717, 1.165) is 47.0 Å². The van der Waals surface area contributed by atoms with Crippen LogP contribution in [0.25, 0.3) is 10.2 Å². The lowest BCUT2D eigenvalue weighted by Crippen LogP contribution is -2.49. The Morgan fingerprint density at radius 3 is 3.00 bits per heavy atom. The molecule has 0 atom stereocenters. The van der Waals surface area contributed by atoms with Crippen molar-refractivity contribution >= 4 is 32.4 Å².